The van der Waals surface area contributed by atoms with Gasteiger partial charge in [0.25, 0.3) is 0 Å². The molecule has 1 atom stereocenters. The van der Waals surface area contributed by atoms with Gasteiger partial charge in [-0.05, 0) is 39.7 Å². The van der Waals surface area contributed by atoms with Crippen LogP contribution in [-0.2, 0) is 6.42 Å². The van der Waals surface area contributed by atoms with E-state index in [1.165, 1.54) is 12.8 Å². The molecular formula is C14H24N4. The van der Waals surface area contributed by atoms with E-state index < -0.39 is 0 Å². The maximum Gasteiger partial charge on any atom is 0.132 e. The Morgan fingerprint density at radius 1 is 1.39 bits per heavy atom. The predicted molar refractivity (Wildman–Crippen MR) is 75.1 cm³/mol. The van der Waals surface area contributed by atoms with Crippen molar-refractivity contribution in [3.8, 4) is 0 Å². The fourth-order valence-corrected chi connectivity index (χ4v) is 2.65. The van der Waals surface area contributed by atoms with Crippen molar-refractivity contribution in [3.63, 3.8) is 0 Å². The number of rotatable bonds is 4. The highest BCUT2D eigenvalue weighted by Gasteiger charge is 2.21. The molecule has 1 aromatic rings. The Balaban J connectivity index is 2.22. The summed E-state index contributed by atoms with van der Waals surface area (Å²) in [7, 11) is 0. The lowest BCUT2D eigenvalue weighted by Gasteiger charge is -2.35. The van der Waals surface area contributed by atoms with Crippen LogP contribution in [0.4, 0.5) is 5.82 Å². The smallest absolute Gasteiger partial charge is 0.132 e. The van der Waals surface area contributed by atoms with Crippen LogP contribution < -0.4 is 10.2 Å². The molecule has 1 fully saturated rings. The lowest BCUT2D eigenvalue weighted by atomic mass is 10.1. The van der Waals surface area contributed by atoms with E-state index in [0.29, 0.717) is 6.04 Å². The van der Waals surface area contributed by atoms with Crippen molar-refractivity contribution in [2.75, 3.05) is 24.5 Å². The van der Waals surface area contributed by atoms with E-state index in [9.17, 15) is 0 Å². The zero-order valence-electron chi connectivity index (χ0n) is 11.7. The molecule has 0 aliphatic carbocycles. The van der Waals surface area contributed by atoms with Crippen molar-refractivity contribution in [2.24, 2.45) is 0 Å². The number of piperidine rings is 1. The largest absolute Gasteiger partial charge is 0.353 e. The molecule has 1 saturated heterocycles. The van der Waals surface area contributed by atoms with Gasteiger partial charge in [-0.25, -0.2) is 9.97 Å². The molecule has 0 spiro atoms. The summed E-state index contributed by atoms with van der Waals surface area (Å²) >= 11 is 0. The first-order valence-corrected chi connectivity index (χ1v) is 7.06. The van der Waals surface area contributed by atoms with E-state index in [-0.39, 0.29) is 0 Å². The molecule has 1 unspecified atom stereocenters. The molecule has 1 N–H and O–H groups in total. The van der Waals surface area contributed by atoms with Crippen molar-refractivity contribution in [1.82, 2.24) is 15.3 Å². The summed E-state index contributed by atoms with van der Waals surface area (Å²) < 4.78 is 0. The standard InChI is InChI=1S/C14H24N4/c1-4-12-9-14(17-11(3)16-12)18(5-2)13-7-6-8-15-10-13/h9,13,15H,4-8,10H2,1-3H3. The zero-order chi connectivity index (χ0) is 13.0. The van der Waals surface area contributed by atoms with Crippen LogP contribution in [0.5, 0.6) is 0 Å². The van der Waals surface area contributed by atoms with Crippen molar-refractivity contribution >= 4 is 5.82 Å². The lowest BCUT2D eigenvalue weighted by Crippen LogP contribution is -2.46. The van der Waals surface area contributed by atoms with Crippen molar-refractivity contribution in [2.45, 2.75) is 46.1 Å². The van der Waals surface area contributed by atoms with Crippen LogP contribution in [0.1, 0.15) is 38.2 Å². The number of hydrogen-bond acceptors (Lipinski definition) is 4. The average molecular weight is 248 g/mol. The van der Waals surface area contributed by atoms with Crippen molar-refractivity contribution in [3.05, 3.63) is 17.6 Å². The van der Waals surface area contributed by atoms with Gasteiger partial charge in [-0.3, -0.25) is 0 Å². The first-order chi connectivity index (χ1) is 8.74. The van der Waals surface area contributed by atoms with Crippen LogP contribution in [0.2, 0.25) is 0 Å². The van der Waals surface area contributed by atoms with Crippen molar-refractivity contribution in [1.29, 1.82) is 0 Å². The van der Waals surface area contributed by atoms with Crippen LogP contribution in [0.15, 0.2) is 6.07 Å². The number of nitrogens with one attached hydrogen (secondary N) is 1. The second-order valence-electron chi connectivity index (χ2n) is 4.90. The molecule has 0 amide bonds. The van der Waals surface area contributed by atoms with Crippen molar-refractivity contribution < 1.29 is 0 Å². The Labute approximate surface area is 110 Å². The first-order valence-electron chi connectivity index (χ1n) is 7.06. The molecule has 0 saturated carbocycles. The van der Waals surface area contributed by atoms with Gasteiger partial charge < -0.3 is 10.2 Å². The molecular weight excluding hydrogens is 224 g/mol. The molecule has 4 nitrogen and oxygen atoms in total. The van der Waals surface area contributed by atoms with Gasteiger partial charge in [0.15, 0.2) is 0 Å². The molecule has 1 aliphatic heterocycles. The Morgan fingerprint density at radius 3 is 2.83 bits per heavy atom. The SMILES string of the molecule is CCc1cc(N(CC)C2CCCNC2)nc(C)n1. The van der Waals surface area contributed by atoms with Gasteiger partial charge in [-0.15, -0.1) is 0 Å². The Morgan fingerprint density at radius 2 is 2.22 bits per heavy atom. The molecule has 0 bridgehead atoms. The summed E-state index contributed by atoms with van der Waals surface area (Å²) in [5.41, 5.74) is 1.14. The Kier molecular flexibility index (Phi) is 4.53. The fraction of sp³-hybridized carbons (Fsp3) is 0.714. The van der Waals surface area contributed by atoms with E-state index >= 15 is 0 Å². The Hall–Kier alpha value is -1.16. The highest BCUT2D eigenvalue weighted by molar-refractivity contribution is 5.41. The molecule has 1 aliphatic rings. The molecule has 1 aromatic heterocycles. The topological polar surface area (TPSA) is 41.0 Å². The third-order valence-corrected chi connectivity index (χ3v) is 3.59. The minimum atomic E-state index is 0.572. The monoisotopic (exact) mass is 248 g/mol. The number of aryl methyl sites for hydroxylation is 2. The second-order valence-corrected chi connectivity index (χ2v) is 4.90. The number of likely N-dealkylation sites (N-methyl/N-ethyl adjacent to an activating group) is 1. The maximum absolute atomic E-state index is 4.62. The van der Waals surface area contributed by atoms with Gasteiger partial charge in [0, 0.05) is 30.9 Å². The molecule has 2 heterocycles. The van der Waals surface area contributed by atoms with Crippen LogP contribution >= 0.6 is 0 Å². The summed E-state index contributed by atoms with van der Waals surface area (Å²) in [6.07, 6.45) is 3.48. The molecule has 18 heavy (non-hydrogen) atoms. The summed E-state index contributed by atoms with van der Waals surface area (Å²) in [6, 6.07) is 2.72. The highest BCUT2D eigenvalue weighted by atomic mass is 15.2. The Bertz CT molecular complexity index is 385. The third kappa shape index (κ3) is 2.99. The minimum absolute atomic E-state index is 0.572. The second kappa shape index (κ2) is 6.14. The van der Waals surface area contributed by atoms with Crippen LogP contribution in [-0.4, -0.2) is 35.6 Å². The van der Waals surface area contributed by atoms with Crippen LogP contribution in [0.25, 0.3) is 0 Å². The predicted octanol–water partition coefficient (Wildman–Crippen LogP) is 1.93. The molecule has 0 aromatic carbocycles. The summed E-state index contributed by atoms with van der Waals surface area (Å²) in [5.74, 6) is 1.97. The van der Waals surface area contributed by atoms with E-state index in [0.717, 1.165) is 43.4 Å². The molecule has 0 radical (unpaired) electrons. The highest BCUT2D eigenvalue weighted by Crippen LogP contribution is 2.19. The van der Waals surface area contributed by atoms with Gasteiger partial charge in [0.05, 0.1) is 0 Å². The molecule has 2 rings (SSSR count). The summed E-state index contributed by atoms with van der Waals surface area (Å²) in [4.78, 5) is 11.5. The van der Waals surface area contributed by atoms with Gasteiger partial charge in [0.2, 0.25) is 0 Å². The number of nitrogens with zero attached hydrogens (tertiary/aromatic N) is 3. The number of aromatic nitrogens is 2. The average Bonchev–Trinajstić information content (AvgIpc) is 2.40. The zero-order valence-corrected chi connectivity index (χ0v) is 11.7. The van der Waals surface area contributed by atoms with Gasteiger partial charge in [-0.1, -0.05) is 6.92 Å². The number of hydrogen-bond donors (Lipinski definition) is 1. The summed E-state index contributed by atoms with van der Waals surface area (Å²) in [5, 5.41) is 3.48. The van der Waals surface area contributed by atoms with Gasteiger partial charge in [-0.2, -0.15) is 0 Å². The molecule has 100 valence electrons. The van der Waals surface area contributed by atoms with E-state index in [2.05, 4.69) is 40.1 Å². The lowest BCUT2D eigenvalue weighted by molar-refractivity contribution is 0.433. The maximum atomic E-state index is 4.62. The van der Waals surface area contributed by atoms with E-state index in [1.54, 1.807) is 0 Å². The van der Waals surface area contributed by atoms with E-state index in [4.69, 9.17) is 0 Å². The third-order valence-electron chi connectivity index (χ3n) is 3.59. The normalized spacial score (nSPS) is 19.8. The summed E-state index contributed by atoms with van der Waals surface area (Å²) in [6.45, 7) is 9.55. The molecule has 4 heteroatoms. The number of anilines is 1. The van der Waals surface area contributed by atoms with Crippen LogP contribution in [0, 0.1) is 6.92 Å². The first kappa shape index (κ1) is 13.3. The fourth-order valence-electron chi connectivity index (χ4n) is 2.65. The quantitative estimate of drug-likeness (QED) is 0.884. The van der Waals surface area contributed by atoms with Crippen LogP contribution in [0.3, 0.4) is 0 Å². The van der Waals surface area contributed by atoms with E-state index in [1.807, 2.05) is 6.92 Å². The minimum Gasteiger partial charge on any atom is -0.353 e. The van der Waals surface area contributed by atoms with Gasteiger partial charge in [0.1, 0.15) is 11.6 Å². The van der Waals surface area contributed by atoms with Gasteiger partial charge >= 0.3 is 0 Å².